The number of amides is 1. The second-order valence-corrected chi connectivity index (χ2v) is 6.80. The molecular weight excluding hydrogens is 327 g/mol. The van der Waals surface area contributed by atoms with Crippen molar-refractivity contribution in [3.63, 3.8) is 0 Å². The normalized spacial score (nSPS) is 16.2. The van der Waals surface area contributed by atoms with Gasteiger partial charge in [0.2, 0.25) is 5.91 Å². The van der Waals surface area contributed by atoms with Crippen LogP contribution in [0.15, 0.2) is 29.6 Å². The first kappa shape index (κ1) is 17.0. The van der Waals surface area contributed by atoms with E-state index in [1.165, 1.54) is 12.1 Å². The molecule has 2 aromatic rings. The topological polar surface area (TPSA) is 48.5 Å². The Morgan fingerprint density at radius 3 is 2.54 bits per heavy atom. The molecule has 1 aromatic heterocycles. The average molecular weight is 348 g/mol. The van der Waals surface area contributed by atoms with Gasteiger partial charge in [0.15, 0.2) is 0 Å². The predicted molar refractivity (Wildman–Crippen MR) is 93.3 cm³/mol. The number of thiazole rings is 1. The van der Waals surface area contributed by atoms with Crippen molar-refractivity contribution in [1.82, 2.24) is 20.1 Å². The molecule has 24 heavy (non-hydrogen) atoms. The minimum Gasteiger partial charge on any atom is -0.358 e. The van der Waals surface area contributed by atoms with Crippen molar-refractivity contribution >= 4 is 17.2 Å². The molecule has 7 heteroatoms. The van der Waals surface area contributed by atoms with Crippen LogP contribution < -0.4 is 5.32 Å². The largest absolute Gasteiger partial charge is 0.358 e. The van der Waals surface area contributed by atoms with Crippen LogP contribution in [-0.4, -0.2) is 60.5 Å². The van der Waals surface area contributed by atoms with Gasteiger partial charge in [-0.05, 0) is 24.3 Å². The molecule has 0 saturated carbocycles. The van der Waals surface area contributed by atoms with Gasteiger partial charge in [0.25, 0.3) is 0 Å². The first-order valence-electron chi connectivity index (χ1n) is 7.99. The maximum Gasteiger partial charge on any atom is 0.233 e. The van der Waals surface area contributed by atoms with Crippen molar-refractivity contribution in [2.45, 2.75) is 6.54 Å². The number of hydrogen-bond donors (Lipinski definition) is 1. The third kappa shape index (κ3) is 4.37. The molecule has 0 aliphatic carbocycles. The minimum absolute atomic E-state index is 0.0623. The third-order valence-corrected chi connectivity index (χ3v) is 5.00. The summed E-state index contributed by atoms with van der Waals surface area (Å²) in [5.41, 5.74) is 1.84. The summed E-state index contributed by atoms with van der Waals surface area (Å²) in [4.78, 5) is 20.6. The van der Waals surface area contributed by atoms with Crippen molar-refractivity contribution in [2.75, 3.05) is 39.8 Å². The van der Waals surface area contributed by atoms with Crippen LogP contribution in [0.1, 0.15) is 5.01 Å². The highest BCUT2D eigenvalue weighted by atomic mass is 32.1. The summed E-state index contributed by atoms with van der Waals surface area (Å²) in [6.07, 6.45) is 0. The monoisotopic (exact) mass is 348 g/mol. The van der Waals surface area contributed by atoms with Crippen LogP contribution in [0.4, 0.5) is 4.39 Å². The zero-order chi connectivity index (χ0) is 16.9. The van der Waals surface area contributed by atoms with Crippen molar-refractivity contribution < 1.29 is 9.18 Å². The molecule has 0 radical (unpaired) electrons. The lowest BCUT2D eigenvalue weighted by molar-refractivity contribution is -0.122. The van der Waals surface area contributed by atoms with E-state index in [1.54, 1.807) is 30.5 Å². The summed E-state index contributed by atoms with van der Waals surface area (Å²) in [7, 11) is 1.67. The highest BCUT2D eigenvalue weighted by Crippen LogP contribution is 2.23. The van der Waals surface area contributed by atoms with E-state index in [0.29, 0.717) is 6.54 Å². The van der Waals surface area contributed by atoms with E-state index in [2.05, 4.69) is 20.1 Å². The van der Waals surface area contributed by atoms with Gasteiger partial charge >= 0.3 is 0 Å². The summed E-state index contributed by atoms with van der Waals surface area (Å²) < 4.78 is 13.0. The van der Waals surface area contributed by atoms with Gasteiger partial charge in [0.1, 0.15) is 10.8 Å². The molecule has 128 valence electrons. The van der Waals surface area contributed by atoms with Crippen molar-refractivity contribution in [3.8, 4) is 11.3 Å². The highest BCUT2D eigenvalue weighted by Gasteiger charge is 2.19. The summed E-state index contributed by atoms with van der Waals surface area (Å²) >= 11 is 1.63. The summed E-state index contributed by atoms with van der Waals surface area (Å²) in [5.74, 6) is -0.170. The molecule has 1 aliphatic heterocycles. The highest BCUT2D eigenvalue weighted by molar-refractivity contribution is 7.09. The van der Waals surface area contributed by atoms with Gasteiger partial charge in [0, 0.05) is 44.2 Å². The number of piperazine rings is 1. The Balaban J connectivity index is 1.53. The Morgan fingerprint density at radius 2 is 1.88 bits per heavy atom. The molecule has 1 N–H and O–H groups in total. The van der Waals surface area contributed by atoms with Crippen molar-refractivity contribution in [2.24, 2.45) is 0 Å². The van der Waals surface area contributed by atoms with Gasteiger partial charge in [-0.15, -0.1) is 11.3 Å². The Kier molecular flexibility index (Phi) is 5.55. The summed E-state index contributed by atoms with van der Waals surface area (Å²) in [5, 5.41) is 5.74. The van der Waals surface area contributed by atoms with Crippen molar-refractivity contribution in [3.05, 3.63) is 40.5 Å². The van der Waals surface area contributed by atoms with Crippen LogP contribution in [0.2, 0.25) is 0 Å². The fourth-order valence-corrected chi connectivity index (χ4v) is 3.56. The summed E-state index contributed by atoms with van der Waals surface area (Å²) in [6.45, 7) is 4.94. The predicted octanol–water partition coefficient (Wildman–Crippen LogP) is 1.81. The van der Waals surface area contributed by atoms with E-state index in [4.69, 9.17) is 0 Å². The Hall–Kier alpha value is -1.83. The van der Waals surface area contributed by atoms with Gasteiger partial charge in [-0.3, -0.25) is 14.6 Å². The lowest BCUT2D eigenvalue weighted by Crippen LogP contribution is -2.48. The van der Waals surface area contributed by atoms with Gasteiger partial charge < -0.3 is 5.32 Å². The number of carbonyl (C=O) groups is 1. The van der Waals surface area contributed by atoms with Crippen LogP contribution in [0.25, 0.3) is 11.3 Å². The van der Waals surface area contributed by atoms with Crippen molar-refractivity contribution in [1.29, 1.82) is 0 Å². The van der Waals surface area contributed by atoms with Crippen LogP contribution in [-0.2, 0) is 11.3 Å². The molecule has 1 amide bonds. The molecular formula is C17H21FN4OS. The van der Waals surface area contributed by atoms with Crippen LogP contribution in [0.5, 0.6) is 0 Å². The minimum atomic E-state index is -0.233. The van der Waals surface area contributed by atoms with Gasteiger partial charge in [-0.2, -0.15) is 0 Å². The first-order chi connectivity index (χ1) is 11.6. The van der Waals surface area contributed by atoms with E-state index >= 15 is 0 Å². The number of aromatic nitrogens is 1. The number of likely N-dealkylation sites (N-methyl/N-ethyl adjacent to an activating group) is 1. The van der Waals surface area contributed by atoms with Crippen LogP contribution in [0, 0.1) is 5.82 Å². The molecule has 3 rings (SSSR count). The van der Waals surface area contributed by atoms with E-state index in [-0.39, 0.29) is 11.7 Å². The number of hydrogen-bond acceptors (Lipinski definition) is 5. The number of benzene rings is 1. The number of nitrogens with zero attached hydrogens (tertiary/aromatic N) is 3. The molecule has 1 fully saturated rings. The second kappa shape index (κ2) is 7.83. The fourth-order valence-electron chi connectivity index (χ4n) is 2.72. The smallest absolute Gasteiger partial charge is 0.233 e. The Labute approximate surface area is 145 Å². The lowest BCUT2D eigenvalue weighted by atomic mass is 10.2. The van der Waals surface area contributed by atoms with Gasteiger partial charge in [-0.25, -0.2) is 9.37 Å². The SMILES string of the molecule is CNC(=O)CN1CCN(Cc2nc(-c3ccc(F)cc3)cs2)CC1. The average Bonchev–Trinajstić information content (AvgIpc) is 3.05. The van der Waals surface area contributed by atoms with E-state index in [9.17, 15) is 9.18 Å². The maximum atomic E-state index is 13.0. The Bertz CT molecular complexity index is 680. The zero-order valence-corrected chi connectivity index (χ0v) is 14.5. The first-order valence-corrected chi connectivity index (χ1v) is 8.87. The van der Waals surface area contributed by atoms with Gasteiger partial charge in [-0.1, -0.05) is 0 Å². The molecule has 1 aliphatic rings. The lowest BCUT2D eigenvalue weighted by Gasteiger charge is -2.33. The van der Waals surface area contributed by atoms with Gasteiger partial charge in [0.05, 0.1) is 18.8 Å². The van der Waals surface area contributed by atoms with E-state index in [1.807, 2.05) is 5.38 Å². The molecule has 0 bridgehead atoms. The molecule has 0 atom stereocenters. The fraction of sp³-hybridized carbons (Fsp3) is 0.412. The standard InChI is InChI=1S/C17H21FN4OS/c1-19-16(23)10-21-6-8-22(9-7-21)11-17-20-15(12-24-17)13-2-4-14(18)5-3-13/h2-5,12H,6-11H2,1H3,(H,19,23). The molecule has 2 heterocycles. The van der Waals surface area contributed by atoms with E-state index < -0.39 is 0 Å². The van der Waals surface area contributed by atoms with Crippen LogP contribution in [0.3, 0.4) is 0 Å². The molecule has 1 saturated heterocycles. The molecule has 0 spiro atoms. The number of rotatable bonds is 5. The number of nitrogens with one attached hydrogen (secondary N) is 1. The third-order valence-electron chi connectivity index (χ3n) is 4.16. The quantitative estimate of drug-likeness (QED) is 0.895. The van der Waals surface area contributed by atoms with Crippen LogP contribution >= 0.6 is 11.3 Å². The number of halogens is 1. The molecule has 5 nitrogen and oxygen atoms in total. The second-order valence-electron chi connectivity index (χ2n) is 5.86. The Morgan fingerprint density at radius 1 is 1.21 bits per heavy atom. The number of carbonyl (C=O) groups excluding carboxylic acids is 1. The molecule has 1 aromatic carbocycles. The maximum absolute atomic E-state index is 13.0. The van der Waals surface area contributed by atoms with E-state index in [0.717, 1.165) is 49.0 Å². The zero-order valence-electron chi connectivity index (χ0n) is 13.7. The molecule has 0 unspecified atom stereocenters. The summed E-state index contributed by atoms with van der Waals surface area (Å²) in [6, 6.07) is 6.43.